The van der Waals surface area contributed by atoms with Gasteiger partial charge in [0, 0.05) is 18.7 Å². The van der Waals surface area contributed by atoms with Gasteiger partial charge < -0.3 is 15.0 Å². The number of nitrogens with zero attached hydrogens (tertiary/aromatic N) is 1. The van der Waals surface area contributed by atoms with E-state index in [4.69, 9.17) is 4.74 Å². The lowest BCUT2D eigenvalue weighted by Crippen LogP contribution is -2.24. The Bertz CT molecular complexity index is 315. The molecule has 0 spiro atoms. The molecule has 0 aromatic heterocycles. The van der Waals surface area contributed by atoms with E-state index >= 15 is 0 Å². The summed E-state index contributed by atoms with van der Waals surface area (Å²) >= 11 is 0. The molecule has 0 heterocycles. The molecule has 1 N–H and O–H groups in total. The second-order valence-electron chi connectivity index (χ2n) is 4.13. The third-order valence-electron chi connectivity index (χ3n) is 2.81. The maximum atomic E-state index is 5.83. The van der Waals surface area contributed by atoms with Crippen molar-refractivity contribution in [2.75, 3.05) is 33.3 Å². The summed E-state index contributed by atoms with van der Waals surface area (Å²) in [6.45, 7) is 8.88. The Morgan fingerprint density at radius 3 is 2.71 bits per heavy atom. The molecule has 96 valence electrons. The Morgan fingerprint density at radius 1 is 1.24 bits per heavy atom. The van der Waals surface area contributed by atoms with E-state index in [-0.39, 0.29) is 0 Å². The molecule has 0 saturated carbocycles. The molecule has 3 nitrogen and oxygen atoms in total. The first-order valence-electron chi connectivity index (χ1n) is 6.37. The molecule has 1 aromatic rings. The van der Waals surface area contributed by atoms with Crippen LogP contribution in [0.1, 0.15) is 19.4 Å². The minimum Gasteiger partial charge on any atom is -0.492 e. The number of hydrogen-bond donors (Lipinski definition) is 1. The molecule has 0 saturated heterocycles. The minimum atomic E-state index is 0.744. The summed E-state index contributed by atoms with van der Waals surface area (Å²) in [7, 11) is 2.11. The van der Waals surface area contributed by atoms with Crippen LogP contribution in [-0.2, 0) is 6.54 Å². The number of likely N-dealkylation sites (N-methyl/N-ethyl adjacent to an activating group) is 1. The Hall–Kier alpha value is -1.06. The Balaban J connectivity index is 2.45. The number of rotatable bonds is 8. The van der Waals surface area contributed by atoms with Crippen molar-refractivity contribution in [2.24, 2.45) is 0 Å². The molecule has 1 rings (SSSR count). The van der Waals surface area contributed by atoms with Crippen molar-refractivity contribution in [3.63, 3.8) is 0 Å². The van der Waals surface area contributed by atoms with E-state index in [0.717, 1.165) is 38.5 Å². The van der Waals surface area contributed by atoms with Crippen molar-refractivity contribution >= 4 is 0 Å². The lowest BCUT2D eigenvalue weighted by atomic mass is 10.2. The molecule has 0 aliphatic heterocycles. The van der Waals surface area contributed by atoms with Crippen LogP contribution < -0.4 is 10.1 Å². The van der Waals surface area contributed by atoms with Crippen LogP contribution in [0, 0.1) is 0 Å². The van der Waals surface area contributed by atoms with Crippen LogP contribution in [0.5, 0.6) is 5.75 Å². The van der Waals surface area contributed by atoms with Crippen molar-refractivity contribution in [1.82, 2.24) is 10.2 Å². The van der Waals surface area contributed by atoms with Crippen LogP contribution in [0.15, 0.2) is 24.3 Å². The van der Waals surface area contributed by atoms with Crippen LogP contribution >= 0.6 is 0 Å². The van der Waals surface area contributed by atoms with Crippen LogP contribution in [0.3, 0.4) is 0 Å². The van der Waals surface area contributed by atoms with Gasteiger partial charge in [-0.05, 0) is 26.2 Å². The smallest absolute Gasteiger partial charge is 0.123 e. The zero-order valence-electron chi connectivity index (χ0n) is 11.2. The maximum Gasteiger partial charge on any atom is 0.123 e. The normalized spacial score (nSPS) is 10.8. The summed E-state index contributed by atoms with van der Waals surface area (Å²) in [5.41, 5.74) is 1.23. The first kappa shape index (κ1) is 14.0. The second-order valence-corrected chi connectivity index (χ2v) is 4.13. The molecule has 0 radical (unpaired) electrons. The topological polar surface area (TPSA) is 24.5 Å². The second kappa shape index (κ2) is 8.09. The predicted octanol–water partition coefficient (Wildman–Crippen LogP) is 2.13. The van der Waals surface area contributed by atoms with Gasteiger partial charge >= 0.3 is 0 Å². The molecular weight excluding hydrogens is 212 g/mol. The highest BCUT2D eigenvalue weighted by Gasteiger charge is 2.02. The summed E-state index contributed by atoms with van der Waals surface area (Å²) in [4.78, 5) is 2.24. The lowest BCUT2D eigenvalue weighted by molar-refractivity contribution is 0.242. The fraction of sp³-hybridized carbons (Fsp3) is 0.571. The molecule has 0 aliphatic carbocycles. The largest absolute Gasteiger partial charge is 0.492 e. The SMILES string of the molecule is CCNCc1ccccc1OCCN(C)CC. The van der Waals surface area contributed by atoms with E-state index in [2.05, 4.69) is 43.2 Å². The van der Waals surface area contributed by atoms with Gasteiger partial charge in [0.25, 0.3) is 0 Å². The molecule has 17 heavy (non-hydrogen) atoms. The molecule has 1 aromatic carbocycles. The molecule has 0 unspecified atom stereocenters. The summed E-state index contributed by atoms with van der Waals surface area (Å²) in [5, 5.41) is 3.32. The van der Waals surface area contributed by atoms with Gasteiger partial charge in [-0.15, -0.1) is 0 Å². The molecule has 0 aliphatic rings. The van der Waals surface area contributed by atoms with Crippen molar-refractivity contribution in [3.8, 4) is 5.75 Å². The van der Waals surface area contributed by atoms with Gasteiger partial charge in [-0.25, -0.2) is 0 Å². The fourth-order valence-electron chi connectivity index (χ4n) is 1.52. The lowest BCUT2D eigenvalue weighted by Gasteiger charge is -2.16. The number of para-hydroxylation sites is 1. The quantitative estimate of drug-likeness (QED) is 0.748. The van der Waals surface area contributed by atoms with E-state index in [0.29, 0.717) is 0 Å². The summed E-state index contributed by atoms with van der Waals surface area (Å²) in [5.74, 6) is 0.998. The van der Waals surface area contributed by atoms with Crippen molar-refractivity contribution < 1.29 is 4.74 Å². The highest BCUT2D eigenvalue weighted by atomic mass is 16.5. The van der Waals surface area contributed by atoms with E-state index in [1.54, 1.807) is 0 Å². The monoisotopic (exact) mass is 236 g/mol. The van der Waals surface area contributed by atoms with Gasteiger partial charge in [-0.2, -0.15) is 0 Å². The first-order chi connectivity index (χ1) is 8.27. The van der Waals surface area contributed by atoms with Crippen LogP contribution in [0.4, 0.5) is 0 Å². The number of ether oxygens (including phenoxy) is 1. The van der Waals surface area contributed by atoms with Crippen molar-refractivity contribution in [2.45, 2.75) is 20.4 Å². The van der Waals surface area contributed by atoms with Crippen molar-refractivity contribution in [1.29, 1.82) is 0 Å². The molecule has 0 bridgehead atoms. The van der Waals surface area contributed by atoms with E-state index in [1.807, 2.05) is 12.1 Å². The van der Waals surface area contributed by atoms with Gasteiger partial charge in [0.15, 0.2) is 0 Å². The average Bonchev–Trinajstić information content (AvgIpc) is 2.37. The Kier molecular flexibility index (Phi) is 6.67. The van der Waals surface area contributed by atoms with Crippen LogP contribution in [0.2, 0.25) is 0 Å². The summed E-state index contributed by atoms with van der Waals surface area (Å²) in [6, 6.07) is 8.23. The van der Waals surface area contributed by atoms with Crippen molar-refractivity contribution in [3.05, 3.63) is 29.8 Å². The zero-order chi connectivity index (χ0) is 12.5. The van der Waals surface area contributed by atoms with Crippen LogP contribution in [0.25, 0.3) is 0 Å². The maximum absolute atomic E-state index is 5.83. The summed E-state index contributed by atoms with van der Waals surface area (Å²) < 4.78 is 5.83. The number of hydrogen-bond acceptors (Lipinski definition) is 3. The highest BCUT2D eigenvalue weighted by Crippen LogP contribution is 2.17. The van der Waals surface area contributed by atoms with Crippen LogP contribution in [-0.4, -0.2) is 38.2 Å². The molecular formula is C14H24N2O. The van der Waals surface area contributed by atoms with Gasteiger partial charge in [-0.3, -0.25) is 0 Å². The first-order valence-corrected chi connectivity index (χ1v) is 6.37. The predicted molar refractivity (Wildman–Crippen MR) is 72.5 cm³/mol. The minimum absolute atomic E-state index is 0.744. The number of nitrogens with one attached hydrogen (secondary N) is 1. The number of benzene rings is 1. The standard InChI is InChI=1S/C14H24N2O/c1-4-15-12-13-8-6-7-9-14(13)17-11-10-16(3)5-2/h6-9,15H,4-5,10-12H2,1-3H3. The van der Waals surface area contributed by atoms with Gasteiger partial charge in [0.05, 0.1) is 0 Å². The zero-order valence-corrected chi connectivity index (χ0v) is 11.2. The summed E-state index contributed by atoms with van der Waals surface area (Å²) in [6.07, 6.45) is 0. The van der Waals surface area contributed by atoms with E-state index in [9.17, 15) is 0 Å². The van der Waals surface area contributed by atoms with E-state index < -0.39 is 0 Å². The van der Waals surface area contributed by atoms with Gasteiger partial charge in [0.1, 0.15) is 12.4 Å². The molecule has 0 atom stereocenters. The molecule has 0 fully saturated rings. The van der Waals surface area contributed by atoms with Gasteiger partial charge in [-0.1, -0.05) is 32.0 Å². The Morgan fingerprint density at radius 2 is 2.00 bits per heavy atom. The van der Waals surface area contributed by atoms with Gasteiger partial charge in [0.2, 0.25) is 0 Å². The highest BCUT2D eigenvalue weighted by molar-refractivity contribution is 5.33. The average molecular weight is 236 g/mol. The molecule has 3 heteroatoms. The van der Waals surface area contributed by atoms with E-state index in [1.165, 1.54) is 5.56 Å². The fourth-order valence-corrected chi connectivity index (χ4v) is 1.52. The third kappa shape index (κ3) is 5.20. The third-order valence-corrected chi connectivity index (χ3v) is 2.81. The Labute approximate surface area is 105 Å². The molecule has 0 amide bonds.